The zero-order chi connectivity index (χ0) is 19.1. The molecule has 0 aliphatic carbocycles. The second-order valence-corrected chi connectivity index (χ2v) is 7.41. The molecule has 0 spiro atoms. The van der Waals surface area contributed by atoms with Crippen LogP contribution in [-0.4, -0.2) is 53.8 Å². The zero-order valence-electron chi connectivity index (χ0n) is 16.7. The van der Waals surface area contributed by atoms with Gasteiger partial charge in [0.05, 0.1) is 6.54 Å². The van der Waals surface area contributed by atoms with Crippen LogP contribution in [0, 0.1) is 13.8 Å². The average molecular weight is 360 g/mol. The fourth-order valence-electron chi connectivity index (χ4n) is 3.34. The average Bonchev–Trinajstić information content (AvgIpc) is 2.63. The van der Waals surface area contributed by atoms with Gasteiger partial charge in [0.1, 0.15) is 6.54 Å². The highest BCUT2D eigenvalue weighted by Gasteiger charge is 2.24. The van der Waals surface area contributed by atoms with Crippen molar-refractivity contribution in [1.29, 1.82) is 0 Å². The Kier molecular flexibility index (Phi) is 7.64. The molecule has 1 unspecified atom stereocenters. The molecular formula is C21H33N3O2. The fourth-order valence-corrected chi connectivity index (χ4v) is 3.34. The molecule has 1 saturated heterocycles. The van der Waals surface area contributed by atoms with Crippen LogP contribution in [0.4, 0.5) is 5.69 Å². The van der Waals surface area contributed by atoms with Crippen molar-refractivity contribution < 1.29 is 9.59 Å². The summed E-state index contributed by atoms with van der Waals surface area (Å²) in [6.45, 7) is 10.6. The topological polar surface area (TPSA) is 52.7 Å². The molecule has 144 valence electrons. The van der Waals surface area contributed by atoms with Gasteiger partial charge in [0.15, 0.2) is 0 Å². The summed E-state index contributed by atoms with van der Waals surface area (Å²) < 4.78 is 0. The third-order valence-electron chi connectivity index (χ3n) is 5.44. The Labute approximate surface area is 157 Å². The summed E-state index contributed by atoms with van der Waals surface area (Å²) in [4.78, 5) is 29.4. The van der Waals surface area contributed by atoms with E-state index in [0.29, 0.717) is 6.54 Å². The van der Waals surface area contributed by atoms with Gasteiger partial charge in [-0.05, 0) is 70.3 Å². The van der Waals surface area contributed by atoms with E-state index in [1.54, 1.807) is 4.90 Å². The quantitative estimate of drug-likeness (QED) is 0.812. The Balaban J connectivity index is 2.00. The third kappa shape index (κ3) is 5.56. The molecule has 1 aromatic carbocycles. The molecule has 0 aromatic heterocycles. The number of nitrogens with zero attached hydrogens (tertiary/aromatic N) is 2. The monoisotopic (exact) mass is 359 g/mol. The van der Waals surface area contributed by atoms with Crippen molar-refractivity contribution in [2.24, 2.45) is 0 Å². The van der Waals surface area contributed by atoms with Gasteiger partial charge in [-0.3, -0.25) is 14.5 Å². The number of carbonyl (C=O) groups is 2. The summed E-state index contributed by atoms with van der Waals surface area (Å²) in [6, 6.07) is 5.92. The molecule has 2 amide bonds. The van der Waals surface area contributed by atoms with E-state index in [4.69, 9.17) is 0 Å². The molecule has 1 aliphatic heterocycles. The van der Waals surface area contributed by atoms with Crippen molar-refractivity contribution in [3.63, 3.8) is 0 Å². The molecule has 5 heteroatoms. The fraction of sp³-hybridized carbons (Fsp3) is 0.619. The summed E-state index contributed by atoms with van der Waals surface area (Å²) in [5.41, 5.74) is 3.03. The van der Waals surface area contributed by atoms with Gasteiger partial charge in [-0.15, -0.1) is 0 Å². The molecule has 0 saturated carbocycles. The summed E-state index contributed by atoms with van der Waals surface area (Å²) >= 11 is 0. The number of carbonyl (C=O) groups excluding carboxylic acids is 2. The lowest BCUT2D eigenvalue weighted by Crippen LogP contribution is -2.48. The van der Waals surface area contributed by atoms with Crippen LogP contribution in [0.3, 0.4) is 0 Å². The highest BCUT2D eigenvalue weighted by Crippen LogP contribution is 2.18. The maximum Gasteiger partial charge on any atom is 0.244 e. The second kappa shape index (κ2) is 9.72. The van der Waals surface area contributed by atoms with Crippen molar-refractivity contribution in [3.05, 3.63) is 29.3 Å². The molecule has 1 aliphatic rings. The van der Waals surface area contributed by atoms with E-state index >= 15 is 0 Å². The van der Waals surface area contributed by atoms with Gasteiger partial charge in [0.25, 0.3) is 0 Å². The van der Waals surface area contributed by atoms with Crippen molar-refractivity contribution in [2.45, 2.75) is 59.4 Å². The maximum absolute atomic E-state index is 12.8. The Morgan fingerprint density at radius 1 is 1.19 bits per heavy atom. The van der Waals surface area contributed by atoms with Crippen LogP contribution in [0.1, 0.15) is 50.7 Å². The number of benzene rings is 1. The first kappa shape index (κ1) is 20.4. The summed E-state index contributed by atoms with van der Waals surface area (Å²) in [5, 5.41) is 2.97. The standard InChI is InChI=1S/C21H33N3O2/c1-5-17(3)24(21(26)15-23-12-7-6-8-13-23)14-20(25)22-19-11-9-10-16(2)18(19)4/h9-11,17H,5-8,12-15H2,1-4H3,(H,22,25). The van der Waals surface area contributed by atoms with E-state index < -0.39 is 0 Å². The van der Waals surface area contributed by atoms with Crippen molar-refractivity contribution in [1.82, 2.24) is 9.80 Å². The summed E-state index contributed by atoms with van der Waals surface area (Å²) in [7, 11) is 0. The van der Waals surface area contributed by atoms with Gasteiger partial charge >= 0.3 is 0 Å². The molecule has 1 N–H and O–H groups in total. The van der Waals surface area contributed by atoms with Crippen molar-refractivity contribution >= 4 is 17.5 Å². The van der Waals surface area contributed by atoms with E-state index in [9.17, 15) is 9.59 Å². The highest BCUT2D eigenvalue weighted by molar-refractivity contribution is 5.95. The molecule has 0 bridgehead atoms. The first-order chi connectivity index (χ1) is 12.4. The predicted octanol–water partition coefficient (Wildman–Crippen LogP) is 3.35. The van der Waals surface area contributed by atoms with Crippen LogP contribution < -0.4 is 5.32 Å². The normalized spacial score (nSPS) is 16.2. The van der Waals surface area contributed by atoms with E-state index in [1.165, 1.54) is 6.42 Å². The first-order valence-corrected chi connectivity index (χ1v) is 9.80. The van der Waals surface area contributed by atoms with Gasteiger partial charge in [-0.25, -0.2) is 0 Å². The number of rotatable bonds is 7. The van der Waals surface area contributed by atoms with Crippen LogP contribution in [0.25, 0.3) is 0 Å². The number of hydrogen-bond acceptors (Lipinski definition) is 3. The number of likely N-dealkylation sites (tertiary alicyclic amines) is 1. The van der Waals surface area contributed by atoms with Crippen molar-refractivity contribution in [2.75, 3.05) is 31.5 Å². The minimum absolute atomic E-state index is 0.0525. The Hall–Kier alpha value is -1.88. The van der Waals surface area contributed by atoms with E-state index in [-0.39, 0.29) is 24.4 Å². The molecular weight excluding hydrogens is 326 g/mol. The van der Waals surface area contributed by atoms with Gasteiger partial charge < -0.3 is 10.2 Å². The maximum atomic E-state index is 12.8. The molecule has 26 heavy (non-hydrogen) atoms. The Bertz CT molecular complexity index is 624. The van der Waals surface area contributed by atoms with Crippen LogP contribution >= 0.6 is 0 Å². The molecule has 1 atom stereocenters. The van der Waals surface area contributed by atoms with E-state index in [0.717, 1.165) is 49.2 Å². The largest absolute Gasteiger partial charge is 0.330 e. The first-order valence-electron chi connectivity index (χ1n) is 9.80. The van der Waals surface area contributed by atoms with Gasteiger partial charge in [-0.1, -0.05) is 25.5 Å². The van der Waals surface area contributed by atoms with Gasteiger partial charge in [0, 0.05) is 11.7 Å². The summed E-state index contributed by atoms with van der Waals surface area (Å²) in [6.07, 6.45) is 4.40. The van der Waals surface area contributed by atoms with Gasteiger partial charge in [0.2, 0.25) is 11.8 Å². The van der Waals surface area contributed by atoms with Gasteiger partial charge in [-0.2, -0.15) is 0 Å². The van der Waals surface area contributed by atoms with E-state index in [2.05, 4.69) is 17.1 Å². The minimum Gasteiger partial charge on any atom is -0.330 e. The third-order valence-corrected chi connectivity index (χ3v) is 5.44. The highest BCUT2D eigenvalue weighted by atomic mass is 16.2. The SMILES string of the molecule is CCC(C)N(CC(=O)Nc1cccc(C)c1C)C(=O)CN1CCCCC1. The van der Waals surface area contributed by atoms with Crippen LogP contribution in [0.2, 0.25) is 0 Å². The lowest BCUT2D eigenvalue weighted by molar-refractivity contribution is -0.138. The van der Waals surface area contributed by atoms with Crippen LogP contribution in [-0.2, 0) is 9.59 Å². The molecule has 1 heterocycles. The lowest BCUT2D eigenvalue weighted by Gasteiger charge is -2.32. The van der Waals surface area contributed by atoms with E-state index in [1.807, 2.05) is 39.0 Å². The Morgan fingerprint density at radius 2 is 1.88 bits per heavy atom. The zero-order valence-corrected chi connectivity index (χ0v) is 16.7. The predicted molar refractivity (Wildman–Crippen MR) is 106 cm³/mol. The number of amides is 2. The number of nitrogens with one attached hydrogen (secondary N) is 1. The number of piperidine rings is 1. The molecule has 2 rings (SSSR count). The minimum atomic E-state index is -0.133. The van der Waals surface area contributed by atoms with Crippen LogP contribution in [0.5, 0.6) is 0 Å². The smallest absolute Gasteiger partial charge is 0.244 e. The number of hydrogen-bond donors (Lipinski definition) is 1. The molecule has 0 radical (unpaired) electrons. The Morgan fingerprint density at radius 3 is 2.54 bits per heavy atom. The van der Waals surface area contributed by atoms with Crippen LogP contribution in [0.15, 0.2) is 18.2 Å². The molecule has 1 fully saturated rings. The molecule has 1 aromatic rings. The van der Waals surface area contributed by atoms with Crippen molar-refractivity contribution in [3.8, 4) is 0 Å². The lowest BCUT2D eigenvalue weighted by atomic mass is 10.1. The number of aryl methyl sites for hydroxylation is 1. The second-order valence-electron chi connectivity index (χ2n) is 7.41. The summed E-state index contributed by atoms with van der Waals surface area (Å²) in [5.74, 6) is -0.0802. The number of anilines is 1. The molecule has 5 nitrogen and oxygen atoms in total.